The van der Waals surface area contributed by atoms with E-state index in [1.54, 1.807) is 30.5 Å². The zero-order valence-corrected chi connectivity index (χ0v) is 24.2. The van der Waals surface area contributed by atoms with Gasteiger partial charge in [-0.25, -0.2) is 0 Å². The predicted molar refractivity (Wildman–Crippen MR) is 157 cm³/mol. The summed E-state index contributed by atoms with van der Waals surface area (Å²) in [6.07, 6.45) is -7.88. The summed E-state index contributed by atoms with van der Waals surface area (Å²) >= 11 is 0. The number of hydrogen-bond acceptors (Lipinski definition) is 3. The second-order valence-electron chi connectivity index (χ2n) is 10.7. The maximum absolute atomic E-state index is 14.0. The van der Waals surface area contributed by atoms with Gasteiger partial charge in [-0.2, -0.15) is 26.3 Å². The van der Waals surface area contributed by atoms with Crippen LogP contribution in [0.3, 0.4) is 0 Å². The number of benzene rings is 3. The molecule has 13 heteroatoms. The van der Waals surface area contributed by atoms with Crippen molar-refractivity contribution in [3.63, 3.8) is 0 Å². The van der Waals surface area contributed by atoms with Crippen molar-refractivity contribution in [3.8, 4) is 0 Å². The highest BCUT2D eigenvalue weighted by atomic mass is 35.5. The Morgan fingerprint density at radius 3 is 2.16 bits per heavy atom. The number of piperazine rings is 1. The average molecular weight is 639 g/mol. The summed E-state index contributed by atoms with van der Waals surface area (Å²) < 4.78 is 82.0. The number of para-hydroxylation sites is 1. The highest BCUT2D eigenvalue weighted by molar-refractivity contribution is 5.95. The summed E-state index contributed by atoms with van der Waals surface area (Å²) in [5.41, 5.74) is -1.84. The number of alkyl halides is 6. The van der Waals surface area contributed by atoms with Crippen molar-refractivity contribution in [2.24, 2.45) is 0 Å². The van der Waals surface area contributed by atoms with Crippen LogP contribution < -0.4 is 10.6 Å². The lowest BCUT2D eigenvalue weighted by Gasteiger charge is -2.48. The number of carbonyl (C=O) groups is 2. The Balaban J connectivity index is 0.00000442. The first-order chi connectivity index (χ1) is 20.2. The van der Waals surface area contributed by atoms with E-state index in [1.807, 2.05) is 24.3 Å². The van der Waals surface area contributed by atoms with E-state index in [9.17, 15) is 35.9 Å². The minimum absolute atomic E-state index is 0. The largest absolute Gasteiger partial charge is 0.416 e. The number of H-pyrrole nitrogens is 1. The SMILES string of the molecule is CC(=O)Nc1ccc(CC2(Cc3c[nH]c4ccccc34)CNCCN2C(=O)c2cc(C(F)(F)F)cc(C(F)(F)F)c2)cc1.Cl. The monoisotopic (exact) mass is 638 g/mol. The van der Waals surface area contributed by atoms with Crippen LogP contribution in [0, 0.1) is 0 Å². The summed E-state index contributed by atoms with van der Waals surface area (Å²) in [7, 11) is 0. The van der Waals surface area contributed by atoms with Gasteiger partial charge in [0.15, 0.2) is 0 Å². The molecule has 0 bridgehead atoms. The van der Waals surface area contributed by atoms with E-state index in [-0.39, 0.29) is 50.3 Å². The number of fused-ring (bicyclic) bond motifs is 1. The smallest absolute Gasteiger partial charge is 0.361 e. The van der Waals surface area contributed by atoms with Gasteiger partial charge in [-0.15, -0.1) is 12.4 Å². The van der Waals surface area contributed by atoms with Crippen molar-refractivity contribution in [1.82, 2.24) is 15.2 Å². The number of nitrogens with one attached hydrogen (secondary N) is 3. The van der Waals surface area contributed by atoms with Gasteiger partial charge in [0.2, 0.25) is 5.91 Å². The molecule has 4 aromatic rings. The fourth-order valence-electron chi connectivity index (χ4n) is 5.70. The molecule has 5 rings (SSSR count). The van der Waals surface area contributed by atoms with Crippen molar-refractivity contribution in [3.05, 3.63) is 101 Å². The van der Waals surface area contributed by atoms with Crippen molar-refractivity contribution >= 4 is 40.8 Å². The van der Waals surface area contributed by atoms with Crippen LogP contribution >= 0.6 is 12.4 Å². The topological polar surface area (TPSA) is 77.2 Å². The van der Waals surface area contributed by atoms with Crippen molar-refractivity contribution in [2.45, 2.75) is 37.7 Å². The third-order valence-corrected chi connectivity index (χ3v) is 7.62. The maximum atomic E-state index is 14.0. The van der Waals surface area contributed by atoms with Crippen LogP contribution in [0.5, 0.6) is 0 Å². The third kappa shape index (κ3) is 7.02. The number of nitrogens with zero attached hydrogens (tertiary/aromatic N) is 1. The number of carbonyl (C=O) groups excluding carboxylic acids is 2. The number of hydrogen-bond donors (Lipinski definition) is 3. The fourth-order valence-corrected chi connectivity index (χ4v) is 5.70. The van der Waals surface area contributed by atoms with E-state index in [2.05, 4.69) is 15.6 Å². The van der Waals surface area contributed by atoms with Crippen molar-refractivity contribution in [1.29, 1.82) is 0 Å². The van der Waals surface area contributed by atoms with Gasteiger partial charge in [0.25, 0.3) is 5.91 Å². The molecule has 1 aliphatic rings. The molecule has 0 radical (unpaired) electrons. The lowest BCUT2D eigenvalue weighted by molar-refractivity contribution is -0.143. The molecule has 0 aliphatic carbocycles. The van der Waals surface area contributed by atoms with Crippen LogP contribution in [0.25, 0.3) is 10.9 Å². The molecule has 0 spiro atoms. The first-order valence-corrected chi connectivity index (χ1v) is 13.5. The summed E-state index contributed by atoms with van der Waals surface area (Å²) in [5, 5.41) is 6.85. The summed E-state index contributed by atoms with van der Waals surface area (Å²) in [6, 6.07) is 15.4. The molecule has 1 saturated heterocycles. The molecule has 6 nitrogen and oxygen atoms in total. The van der Waals surface area contributed by atoms with Gasteiger partial charge in [-0.05, 0) is 60.4 Å². The zero-order chi connectivity index (χ0) is 31.0. The molecule has 1 atom stereocenters. The van der Waals surface area contributed by atoms with Gasteiger partial charge < -0.3 is 20.5 Å². The predicted octanol–water partition coefficient (Wildman–Crippen LogP) is 6.86. The van der Waals surface area contributed by atoms with Crippen molar-refractivity contribution in [2.75, 3.05) is 25.0 Å². The first-order valence-electron chi connectivity index (χ1n) is 13.5. The Kier molecular flexibility index (Phi) is 9.36. The minimum atomic E-state index is -5.09. The second-order valence-corrected chi connectivity index (χ2v) is 10.7. The van der Waals surface area contributed by atoms with E-state index >= 15 is 0 Å². The fraction of sp³-hybridized carbons (Fsp3) is 0.290. The molecular formula is C31H29ClF6N4O2. The second kappa shape index (κ2) is 12.5. The standard InChI is InChI=1S/C31H28F6N4O2.ClH/c1-19(42)40-25-8-6-20(7-9-25)15-29(16-22-17-39-27-5-3-2-4-26(22)27)18-38-10-11-41(29)28(43)21-12-23(30(32,33)34)14-24(13-21)31(35,36)37;/h2-9,12-14,17,38-39H,10-11,15-16,18H2,1H3,(H,40,42);1H. The van der Waals surface area contributed by atoms with Gasteiger partial charge in [-0.3, -0.25) is 9.59 Å². The summed E-state index contributed by atoms with van der Waals surface area (Å²) in [4.78, 5) is 30.1. The Bertz CT molecular complexity index is 1620. The molecule has 1 aliphatic heterocycles. The number of aromatic nitrogens is 1. The molecule has 3 N–H and O–H groups in total. The zero-order valence-electron chi connectivity index (χ0n) is 23.4. The number of rotatable bonds is 6. The van der Waals surface area contributed by atoms with Crippen molar-refractivity contribution < 1.29 is 35.9 Å². The number of anilines is 1. The highest BCUT2D eigenvalue weighted by Gasteiger charge is 2.44. The molecule has 234 valence electrons. The van der Waals surface area contributed by atoms with Crippen LogP contribution in [-0.4, -0.2) is 46.9 Å². The molecule has 2 amide bonds. The molecule has 0 saturated carbocycles. The molecule has 2 heterocycles. The lowest BCUT2D eigenvalue weighted by Crippen LogP contribution is -2.65. The van der Waals surface area contributed by atoms with E-state index in [0.29, 0.717) is 24.4 Å². The van der Waals surface area contributed by atoms with Gasteiger partial charge in [0.1, 0.15) is 0 Å². The van der Waals surface area contributed by atoms with Crippen LogP contribution in [0.1, 0.15) is 39.5 Å². The highest BCUT2D eigenvalue weighted by Crippen LogP contribution is 2.38. The number of halogens is 7. The van der Waals surface area contributed by atoms with E-state index < -0.39 is 40.5 Å². The first kappa shape index (κ1) is 32.9. The number of aromatic amines is 1. The molecule has 1 aromatic heterocycles. The third-order valence-electron chi connectivity index (χ3n) is 7.62. The minimum Gasteiger partial charge on any atom is -0.361 e. The van der Waals surface area contributed by atoms with E-state index in [1.165, 1.54) is 11.8 Å². The van der Waals surface area contributed by atoms with Crippen LogP contribution in [0.4, 0.5) is 32.0 Å². The summed E-state index contributed by atoms with van der Waals surface area (Å²) in [6.45, 7) is 1.97. The van der Waals surface area contributed by atoms with Gasteiger partial charge in [0.05, 0.1) is 16.7 Å². The van der Waals surface area contributed by atoms with E-state index in [0.717, 1.165) is 22.0 Å². The van der Waals surface area contributed by atoms with E-state index in [4.69, 9.17) is 0 Å². The molecule has 1 fully saturated rings. The average Bonchev–Trinajstić information content (AvgIpc) is 3.35. The lowest BCUT2D eigenvalue weighted by atomic mass is 9.81. The number of amides is 2. The van der Waals surface area contributed by atoms with Gasteiger partial charge in [-0.1, -0.05) is 30.3 Å². The molecule has 44 heavy (non-hydrogen) atoms. The Hall–Kier alpha value is -4.03. The van der Waals surface area contributed by atoms with Gasteiger partial charge in [0, 0.05) is 54.9 Å². The molecule has 3 aromatic carbocycles. The Morgan fingerprint density at radius 2 is 1.55 bits per heavy atom. The van der Waals surface area contributed by atoms with Gasteiger partial charge >= 0.3 is 12.4 Å². The summed E-state index contributed by atoms with van der Waals surface area (Å²) in [5.74, 6) is -1.18. The Morgan fingerprint density at radius 1 is 0.909 bits per heavy atom. The maximum Gasteiger partial charge on any atom is 0.416 e. The van der Waals surface area contributed by atoms with Crippen LogP contribution in [0.15, 0.2) is 72.9 Å². The van der Waals surface area contributed by atoms with Crippen LogP contribution in [0.2, 0.25) is 0 Å². The quantitative estimate of drug-likeness (QED) is 0.202. The normalized spacial score (nSPS) is 17.3. The van der Waals surface area contributed by atoms with Crippen LogP contribution in [-0.2, 0) is 30.0 Å². The molecule has 1 unspecified atom stereocenters. The molecular weight excluding hydrogens is 610 g/mol. The Labute approximate surface area is 255 Å².